The normalized spacial score (nSPS) is 20.1. The third kappa shape index (κ3) is 1.89. The molecule has 2 heterocycles. The van der Waals surface area contributed by atoms with Gasteiger partial charge in [-0.15, -0.1) is 0 Å². The van der Waals surface area contributed by atoms with Crippen LogP contribution in [-0.4, -0.2) is 10.9 Å². The van der Waals surface area contributed by atoms with Crippen LogP contribution in [0.4, 0.5) is 0 Å². The lowest BCUT2D eigenvalue weighted by atomic mass is 9.98. The Balaban J connectivity index is 1.96. The van der Waals surface area contributed by atoms with Crippen molar-refractivity contribution in [3.05, 3.63) is 64.4 Å². The minimum atomic E-state index is -0.115. The van der Waals surface area contributed by atoms with Crippen LogP contribution in [0.25, 0.3) is 6.08 Å². The molecule has 1 atom stereocenters. The highest BCUT2D eigenvalue weighted by Gasteiger charge is 2.26. The lowest BCUT2D eigenvalue weighted by Crippen LogP contribution is -1.97. The number of rotatable bonds is 2. The van der Waals surface area contributed by atoms with Crippen molar-refractivity contribution in [3.8, 4) is 0 Å². The first kappa shape index (κ1) is 11.3. The molecule has 0 saturated heterocycles. The molecule has 90 valence electrons. The zero-order valence-electron chi connectivity index (χ0n) is 9.71. The van der Waals surface area contributed by atoms with Gasteiger partial charge in [0.2, 0.25) is 0 Å². The highest BCUT2D eigenvalue weighted by molar-refractivity contribution is 6.30. The maximum Gasteiger partial charge on any atom is 0.133 e. The highest BCUT2D eigenvalue weighted by Crippen LogP contribution is 2.33. The topological polar surface area (TPSA) is 22.0 Å². The second-order valence-corrected chi connectivity index (χ2v) is 4.88. The third-order valence-electron chi connectivity index (χ3n) is 3.29. The van der Waals surface area contributed by atoms with Crippen LogP contribution in [0.5, 0.6) is 0 Å². The molecule has 2 nitrogen and oxygen atoms in total. The van der Waals surface area contributed by atoms with Gasteiger partial charge in [0.1, 0.15) is 6.29 Å². The van der Waals surface area contributed by atoms with E-state index in [0.29, 0.717) is 0 Å². The zero-order chi connectivity index (χ0) is 12.5. The van der Waals surface area contributed by atoms with Gasteiger partial charge in [-0.2, -0.15) is 0 Å². The van der Waals surface area contributed by atoms with E-state index >= 15 is 0 Å². The number of hydrogen-bond acceptors (Lipinski definition) is 1. The van der Waals surface area contributed by atoms with Gasteiger partial charge in [-0.1, -0.05) is 29.8 Å². The molecule has 0 saturated carbocycles. The Morgan fingerprint density at radius 3 is 2.72 bits per heavy atom. The fraction of sp³-hybridized carbons (Fsp3) is 0.133. The van der Waals surface area contributed by atoms with Crippen LogP contribution in [0, 0.1) is 0 Å². The first-order valence-electron chi connectivity index (χ1n) is 5.84. The molecule has 0 fully saturated rings. The van der Waals surface area contributed by atoms with E-state index in [4.69, 9.17) is 11.6 Å². The van der Waals surface area contributed by atoms with Crippen molar-refractivity contribution in [3.63, 3.8) is 0 Å². The second kappa shape index (κ2) is 4.46. The number of benzene rings is 1. The molecular formula is C15H12ClNO. The number of allylic oxidation sites excluding steroid dienone is 1. The number of hydrogen-bond donors (Lipinski definition) is 0. The summed E-state index contributed by atoms with van der Waals surface area (Å²) in [6.45, 7) is 0.786. The van der Waals surface area contributed by atoms with Gasteiger partial charge in [-0.05, 0) is 35.4 Å². The van der Waals surface area contributed by atoms with Crippen LogP contribution >= 0.6 is 11.6 Å². The number of nitrogens with zero attached hydrogens (tertiary/aromatic N) is 1. The van der Waals surface area contributed by atoms with E-state index in [2.05, 4.69) is 10.6 Å². The summed E-state index contributed by atoms with van der Waals surface area (Å²) in [5.74, 6) is -0.115. The molecule has 0 radical (unpaired) electrons. The Hall–Kier alpha value is -1.80. The summed E-state index contributed by atoms with van der Waals surface area (Å²) in [5.41, 5.74) is 3.28. The first-order valence-corrected chi connectivity index (χ1v) is 6.22. The Bertz CT molecular complexity index is 610. The van der Waals surface area contributed by atoms with Gasteiger partial charge in [-0.25, -0.2) is 0 Å². The zero-order valence-corrected chi connectivity index (χ0v) is 10.5. The van der Waals surface area contributed by atoms with Crippen LogP contribution < -0.4 is 0 Å². The fourth-order valence-corrected chi connectivity index (χ4v) is 2.53. The summed E-state index contributed by atoms with van der Waals surface area (Å²) in [6.07, 6.45) is 5.09. The highest BCUT2D eigenvalue weighted by atomic mass is 35.5. The van der Waals surface area contributed by atoms with E-state index in [-0.39, 0.29) is 5.92 Å². The minimum absolute atomic E-state index is 0.115. The SMILES string of the molecule is O=CC1/C(=C\c2ccc(Cl)cc2)Cn2cccc21. The molecule has 1 aromatic carbocycles. The molecule has 0 amide bonds. The van der Waals surface area contributed by atoms with Crippen LogP contribution in [0.15, 0.2) is 48.2 Å². The quantitative estimate of drug-likeness (QED) is 0.755. The monoisotopic (exact) mass is 257 g/mol. The third-order valence-corrected chi connectivity index (χ3v) is 3.55. The van der Waals surface area contributed by atoms with Crippen molar-refractivity contribution in [2.45, 2.75) is 12.5 Å². The summed E-state index contributed by atoms with van der Waals surface area (Å²) in [5, 5.41) is 0.724. The number of halogens is 1. The van der Waals surface area contributed by atoms with Crippen LogP contribution in [0.2, 0.25) is 5.02 Å². The smallest absolute Gasteiger partial charge is 0.133 e. The lowest BCUT2D eigenvalue weighted by Gasteiger charge is -2.03. The summed E-state index contributed by atoms with van der Waals surface area (Å²) >= 11 is 5.86. The van der Waals surface area contributed by atoms with E-state index in [1.165, 1.54) is 0 Å². The molecule has 1 unspecified atom stereocenters. The summed E-state index contributed by atoms with van der Waals surface area (Å²) < 4.78 is 2.11. The second-order valence-electron chi connectivity index (χ2n) is 4.45. The fourth-order valence-electron chi connectivity index (χ4n) is 2.40. The summed E-state index contributed by atoms with van der Waals surface area (Å²) in [4.78, 5) is 11.2. The Morgan fingerprint density at radius 2 is 2.00 bits per heavy atom. The predicted molar refractivity (Wildman–Crippen MR) is 72.7 cm³/mol. The van der Waals surface area contributed by atoms with E-state index in [1.807, 2.05) is 42.6 Å². The largest absolute Gasteiger partial charge is 0.346 e. The molecule has 0 spiro atoms. The average Bonchev–Trinajstić information content (AvgIpc) is 2.92. The number of aldehydes is 1. The average molecular weight is 258 g/mol. The van der Waals surface area contributed by atoms with Crippen LogP contribution in [0.3, 0.4) is 0 Å². The van der Waals surface area contributed by atoms with Crippen molar-refractivity contribution in [2.24, 2.45) is 0 Å². The van der Waals surface area contributed by atoms with Gasteiger partial charge in [0.15, 0.2) is 0 Å². The molecule has 1 aliphatic rings. The Kier molecular flexibility index (Phi) is 2.80. The summed E-state index contributed by atoms with van der Waals surface area (Å²) in [6, 6.07) is 11.6. The summed E-state index contributed by atoms with van der Waals surface area (Å²) in [7, 11) is 0. The number of carbonyl (C=O) groups is 1. The van der Waals surface area contributed by atoms with Crippen molar-refractivity contribution < 1.29 is 4.79 Å². The molecular weight excluding hydrogens is 246 g/mol. The van der Waals surface area contributed by atoms with Crippen molar-refractivity contribution in [1.29, 1.82) is 0 Å². The standard InChI is InChI=1S/C15H12ClNO/c16-13-5-3-11(4-6-13)8-12-9-17-7-1-2-15(17)14(12)10-18/h1-8,10,14H,9H2/b12-8-. The van der Waals surface area contributed by atoms with E-state index in [0.717, 1.165) is 34.7 Å². The number of aromatic nitrogens is 1. The molecule has 18 heavy (non-hydrogen) atoms. The first-order chi connectivity index (χ1) is 8.78. The van der Waals surface area contributed by atoms with Gasteiger partial charge in [0.25, 0.3) is 0 Å². The number of fused-ring (bicyclic) bond motifs is 1. The lowest BCUT2D eigenvalue weighted by molar-refractivity contribution is -0.108. The van der Waals surface area contributed by atoms with Gasteiger partial charge >= 0.3 is 0 Å². The van der Waals surface area contributed by atoms with Crippen molar-refractivity contribution in [2.75, 3.05) is 0 Å². The van der Waals surface area contributed by atoms with Gasteiger partial charge in [0.05, 0.1) is 5.92 Å². The maximum absolute atomic E-state index is 11.2. The molecule has 0 bridgehead atoms. The number of carbonyl (C=O) groups excluding carboxylic acids is 1. The Labute approximate surface area is 111 Å². The van der Waals surface area contributed by atoms with E-state index < -0.39 is 0 Å². The van der Waals surface area contributed by atoms with Crippen molar-refractivity contribution >= 4 is 24.0 Å². The van der Waals surface area contributed by atoms with Gasteiger partial charge in [0, 0.05) is 23.5 Å². The van der Waals surface area contributed by atoms with Gasteiger partial charge in [-0.3, -0.25) is 0 Å². The maximum atomic E-state index is 11.2. The Morgan fingerprint density at radius 1 is 1.22 bits per heavy atom. The molecule has 3 heteroatoms. The van der Waals surface area contributed by atoms with Crippen LogP contribution in [0.1, 0.15) is 17.2 Å². The molecule has 1 aromatic heterocycles. The van der Waals surface area contributed by atoms with Crippen molar-refractivity contribution in [1.82, 2.24) is 4.57 Å². The molecule has 0 N–H and O–H groups in total. The predicted octanol–water partition coefficient (Wildman–Crippen LogP) is 3.52. The molecule has 1 aliphatic heterocycles. The van der Waals surface area contributed by atoms with E-state index in [9.17, 15) is 4.79 Å². The minimum Gasteiger partial charge on any atom is -0.346 e. The molecule has 0 aliphatic carbocycles. The van der Waals surface area contributed by atoms with E-state index in [1.54, 1.807) is 0 Å². The molecule has 2 aromatic rings. The van der Waals surface area contributed by atoms with Gasteiger partial charge < -0.3 is 9.36 Å². The molecule has 3 rings (SSSR count). The van der Waals surface area contributed by atoms with Crippen LogP contribution in [-0.2, 0) is 11.3 Å².